The molecule has 3 atom stereocenters. The van der Waals surface area contributed by atoms with Crippen LogP contribution in [0.15, 0.2) is 94.6 Å². The molecule has 0 amide bonds. The number of benzene rings is 3. The van der Waals surface area contributed by atoms with Crippen molar-refractivity contribution in [2.75, 3.05) is 40.7 Å². The van der Waals surface area contributed by atoms with Crippen molar-refractivity contribution in [1.82, 2.24) is 14.2 Å². The molecule has 13 nitrogen and oxygen atoms in total. The molecule has 302 valence electrons. The number of aromatic nitrogens is 2. The van der Waals surface area contributed by atoms with E-state index in [9.17, 15) is 19.7 Å². The van der Waals surface area contributed by atoms with Crippen molar-refractivity contribution in [2.24, 2.45) is 0 Å². The van der Waals surface area contributed by atoms with Crippen molar-refractivity contribution in [1.29, 1.82) is 5.26 Å². The van der Waals surface area contributed by atoms with Gasteiger partial charge in [0, 0.05) is 0 Å². The van der Waals surface area contributed by atoms with Crippen molar-refractivity contribution in [3.8, 4) is 17.6 Å². The second-order valence-corrected chi connectivity index (χ2v) is 17.4. The number of aromatic amines is 1. The molecular weight excluding hydrogens is 735 g/mol. The summed E-state index contributed by atoms with van der Waals surface area (Å²) in [5, 5.41) is 9.71. The molecule has 1 aliphatic heterocycles. The number of aryl methyl sites for hydroxylation is 1. The molecule has 0 bridgehead atoms. The van der Waals surface area contributed by atoms with E-state index in [1.165, 1.54) is 17.9 Å². The first-order chi connectivity index (χ1) is 26.8. The summed E-state index contributed by atoms with van der Waals surface area (Å²) >= 11 is 0. The molecule has 4 aromatic rings. The molecule has 5 rings (SSSR count). The molecule has 0 unspecified atom stereocenters. The van der Waals surface area contributed by atoms with Crippen LogP contribution in [0.3, 0.4) is 0 Å². The van der Waals surface area contributed by atoms with Gasteiger partial charge in [0.05, 0.1) is 0 Å². The van der Waals surface area contributed by atoms with Gasteiger partial charge in [-0.3, -0.25) is 0 Å². The van der Waals surface area contributed by atoms with Crippen LogP contribution in [0.2, 0.25) is 0 Å². The van der Waals surface area contributed by atoms with Gasteiger partial charge in [-0.25, -0.2) is 0 Å². The van der Waals surface area contributed by atoms with E-state index in [0.717, 1.165) is 16.7 Å². The van der Waals surface area contributed by atoms with Crippen molar-refractivity contribution in [3.05, 3.63) is 128 Å². The molecule has 56 heavy (non-hydrogen) atoms. The average Bonchev–Trinajstić information content (AvgIpc) is 3.52. The van der Waals surface area contributed by atoms with Crippen LogP contribution in [-0.2, 0) is 24.3 Å². The number of H-pyrrole nitrogens is 1. The van der Waals surface area contributed by atoms with E-state index in [2.05, 4.69) is 11.1 Å². The summed E-state index contributed by atoms with van der Waals surface area (Å²) in [5.74, 6) is 1.33. The van der Waals surface area contributed by atoms with Gasteiger partial charge in [0.25, 0.3) is 0 Å². The minimum atomic E-state index is -3.91. The number of nitrogens with zero attached hydrogens (tertiary/aromatic N) is 3. The summed E-state index contributed by atoms with van der Waals surface area (Å²) < 4.78 is 41.6. The molecule has 3 aromatic carbocycles. The van der Waals surface area contributed by atoms with Crippen LogP contribution in [0, 0.1) is 18.3 Å². The van der Waals surface area contributed by atoms with E-state index in [1.807, 2.05) is 111 Å². The van der Waals surface area contributed by atoms with Gasteiger partial charge in [0.2, 0.25) is 0 Å². The Kier molecular flexibility index (Phi) is 13.9. The van der Waals surface area contributed by atoms with Gasteiger partial charge in [-0.2, -0.15) is 0 Å². The van der Waals surface area contributed by atoms with Gasteiger partial charge < -0.3 is 0 Å². The van der Waals surface area contributed by atoms with E-state index in [-0.39, 0.29) is 44.3 Å². The minimum absolute atomic E-state index is 0.0621. The molecule has 14 heteroatoms. The second kappa shape index (κ2) is 18.3. The number of nitrogens with one attached hydrogen (secondary N) is 1. The molecule has 1 fully saturated rings. The molecule has 1 aliphatic rings. The predicted molar refractivity (Wildman–Crippen MR) is 216 cm³/mol. The molecule has 1 aromatic heterocycles. The number of ether oxygens (including phenoxy) is 5. The molecule has 0 radical (unpaired) electrons. The van der Waals surface area contributed by atoms with Crippen LogP contribution < -0.4 is 20.7 Å². The molecule has 2 N–H and O–H groups in total. The first kappa shape index (κ1) is 42.8. The Labute approximate surface area is 329 Å². The van der Waals surface area contributed by atoms with Gasteiger partial charge in [0.15, 0.2) is 0 Å². The van der Waals surface area contributed by atoms with Crippen molar-refractivity contribution < 1.29 is 33.1 Å². The Balaban J connectivity index is 1.73. The molecule has 2 heterocycles. The normalized spacial score (nSPS) is 19.1. The molecule has 0 spiro atoms. The van der Waals surface area contributed by atoms with Crippen molar-refractivity contribution in [3.63, 3.8) is 0 Å². The fourth-order valence-corrected chi connectivity index (χ4v) is 11.2. The van der Waals surface area contributed by atoms with Gasteiger partial charge >= 0.3 is 330 Å². The Bertz CT molecular complexity index is 1990. The standard InChI is InChI=1S/C42H55N4O9P/c1-29(2)46(30(3)4)56(49,24-12-23-43)55-37-25-38(45-26-31(5)39(47)44-40(45)48)54-41(37,27-50-6)28-53-42(32-13-10-9-11-14-32,33-15-19-35(51-7)20-16-33)34-17-21-36(52-8)22-18-34/h9-11,13-22,26,29-30,37-38,49,56H,12,24-25,27-28H2,1-8H3,(H,44,47,48)/t37-,38+,41+/m0/s1. The zero-order valence-corrected chi connectivity index (χ0v) is 34.5. The van der Waals surface area contributed by atoms with Gasteiger partial charge in [-0.05, 0) is 0 Å². The summed E-state index contributed by atoms with van der Waals surface area (Å²) in [7, 11) is 0.843. The van der Waals surface area contributed by atoms with Gasteiger partial charge in [-0.15, -0.1) is 0 Å². The fourth-order valence-electron chi connectivity index (χ4n) is 7.86. The first-order valence-corrected chi connectivity index (χ1v) is 20.8. The molecule has 1 saturated heterocycles. The number of methoxy groups -OCH3 is 3. The van der Waals surface area contributed by atoms with Crippen LogP contribution >= 0.6 is 7.87 Å². The molecule has 0 aliphatic carbocycles. The monoisotopic (exact) mass is 790 g/mol. The van der Waals surface area contributed by atoms with Crippen molar-refractivity contribution in [2.45, 2.75) is 83.1 Å². The first-order valence-electron chi connectivity index (χ1n) is 18.8. The van der Waals surface area contributed by atoms with E-state index < -0.39 is 42.7 Å². The van der Waals surface area contributed by atoms with Crippen LogP contribution in [0.25, 0.3) is 0 Å². The maximum absolute atomic E-state index is 13.4. The van der Waals surface area contributed by atoms with Gasteiger partial charge in [-0.1, -0.05) is 0 Å². The topological polar surface area (TPSA) is 158 Å². The summed E-state index contributed by atoms with van der Waals surface area (Å²) in [6.45, 7) is 9.31. The predicted octanol–water partition coefficient (Wildman–Crippen LogP) is 6.08. The number of nitriles is 1. The number of hydrogen-bond donors (Lipinski definition) is 2. The number of rotatable bonds is 18. The van der Waals surface area contributed by atoms with Crippen LogP contribution in [0.5, 0.6) is 11.5 Å². The summed E-state index contributed by atoms with van der Waals surface area (Å²) in [5.41, 5.74) is -1.15. The van der Waals surface area contributed by atoms with E-state index in [0.29, 0.717) is 17.1 Å². The Morgan fingerprint density at radius 1 is 0.929 bits per heavy atom. The van der Waals surface area contributed by atoms with Crippen LogP contribution in [0.4, 0.5) is 0 Å². The quantitative estimate of drug-likeness (QED) is 0.0890. The summed E-state index contributed by atoms with van der Waals surface area (Å²) in [6.07, 6.45) is -0.142. The third kappa shape index (κ3) is 8.77. The zero-order chi connectivity index (χ0) is 40.7. The van der Waals surface area contributed by atoms with Gasteiger partial charge in [0.1, 0.15) is 0 Å². The summed E-state index contributed by atoms with van der Waals surface area (Å²) in [4.78, 5) is 40.9. The van der Waals surface area contributed by atoms with Crippen molar-refractivity contribution >= 4 is 7.87 Å². The van der Waals surface area contributed by atoms with Crippen LogP contribution in [-0.4, -0.2) is 83.6 Å². The third-order valence-electron chi connectivity index (χ3n) is 10.3. The maximum atomic E-state index is 13.4. The summed E-state index contributed by atoms with van der Waals surface area (Å²) in [6, 6.07) is 27.0. The third-order valence-corrected chi connectivity index (χ3v) is 13.7. The van der Waals surface area contributed by atoms with E-state index >= 15 is 0 Å². The Hall–Kier alpha value is -4.38. The van der Waals surface area contributed by atoms with E-state index in [1.54, 1.807) is 21.1 Å². The molecular formula is C42H55N4O9P. The second-order valence-electron chi connectivity index (χ2n) is 14.7. The Morgan fingerprint density at radius 2 is 1.48 bits per heavy atom. The average molecular weight is 791 g/mol. The zero-order valence-electron chi connectivity index (χ0n) is 33.5. The SMILES string of the molecule is COC[C@]1(COC(c2ccccc2)(c2ccc(OC)cc2)c2ccc(OC)cc2)O[C@@H](n2cc(C)c(=O)[nH]c2=O)C[C@@H]1O[PH](O)(CCC#N)N(C(C)C)C(C)C. The number of hydrogen-bond acceptors (Lipinski definition) is 11. The molecule has 0 saturated carbocycles. The Morgan fingerprint density at radius 3 is 1.98 bits per heavy atom. The van der Waals surface area contributed by atoms with E-state index in [4.69, 9.17) is 28.2 Å². The fraction of sp³-hybridized carbons (Fsp3) is 0.452. The van der Waals surface area contributed by atoms with Crippen LogP contribution in [0.1, 0.15) is 69.0 Å².